The summed E-state index contributed by atoms with van der Waals surface area (Å²) in [4.78, 5) is 26.1. The molecule has 0 saturated carbocycles. The first-order valence-electron chi connectivity index (χ1n) is 3.50. The van der Waals surface area contributed by atoms with Crippen molar-refractivity contribution in [1.29, 1.82) is 0 Å². The number of phosphoric acid groups is 2. The molecule has 0 saturated heterocycles. The fraction of sp³-hybridized carbons (Fsp3) is 1.00. The standard InChI is InChI=1S/C3H11O9P3/c1-3-10-14(6,7)12-15(8,9)11-13(2,4)5/h3H2,1-2H3,(H,4,5)(H,6,7)(H,8,9). The second-order valence-corrected chi connectivity index (χ2v) is 7.37. The zero-order chi connectivity index (χ0) is 12.3. The van der Waals surface area contributed by atoms with Crippen molar-refractivity contribution in [1.82, 2.24) is 0 Å². The SMILES string of the molecule is CCOP(=O)(O)OP(=O)(O)OP(C)(=O)O. The maximum absolute atomic E-state index is 10.9. The van der Waals surface area contributed by atoms with Crippen LogP contribution in [0.5, 0.6) is 0 Å². The van der Waals surface area contributed by atoms with E-state index in [2.05, 4.69) is 13.1 Å². The van der Waals surface area contributed by atoms with Gasteiger partial charge in [0.25, 0.3) is 0 Å². The van der Waals surface area contributed by atoms with Crippen molar-refractivity contribution in [2.75, 3.05) is 13.3 Å². The van der Waals surface area contributed by atoms with Crippen molar-refractivity contribution in [2.45, 2.75) is 6.92 Å². The number of hydrogen-bond acceptors (Lipinski definition) is 6. The van der Waals surface area contributed by atoms with Crippen molar-refractivity contribution in [3.8, 4) is 0 Å². The molecule has 3 unspecified atom stereocenters. The van der Waals surface area contributed by atoms with Crippen LogP contribution in [0.1, 0.15) is 6.92 Å². The molecule has 0 radical (unpaired) electrons. The summed E-state index contributed by atoms with van der Waals surface area (Å²) in [5.74, 6) is 0. The van der Waals surface area contributed by atoms with Gasteiger partial charge in [-0.05, 0) is 6.92 Å². The van der Waals surface area contributed by atoms with Crippen molar-refractivity contribution >= 4 is 23.2 Å². The third-order valence-electron chi connectivity index (χ3n) is 0.753. The molecular formula is C3H11O9P3. The van der Waals surface area contributed by atoms with E-state index in [0.717, 1.165) is 0 Å². The van der Waals surface area contributed by atoms with Crippen molar-refractivity contribution in [2.24, 2.45) is 0 Å². The molecule has 0 heterocycles. The molecule has 0 amide bonds. The Morgan fingerprint density at radius 1 is 1.00 bits per heavy atom. The molecule has 0 aromatic heterocycles. The van der Waals surface area contributed by atoms with Crippen LogP contribution in [0.2, 0.25) is 0 Å². The summed E-state index contributed by atoms with van der Waals surface area (Å²) in [6, 6.07) is 0. The lowest BCUT2D eigenvalue weighted by atomic mass is 10.9. The molecule has 0 aliphatic carbocycles. The monoisotopic (exact) mass is 284 g/mol. The first-order chi connectivity index (χ1) is 6.47. The van der Waals surface area contributed by atoms with E-state index >= 15 is 0 Å². The van der Waals surface area contributed by atoms with Crippen LogP contribution < -0.4 is 0 Å². The van der Waals surface area contributed by atoms with Gasteiger partial charge in [0.05, 0.1) is 6.61 Å². The third-order valence-corrected chi connectivity index (χ3v) is 5.03. The molecule has 0 fully saturated rings. The van der Waals surface area contributed by atoms with Gasteiger partial charge in [0.2, 0.25) is 0 Å². The Hall–Kier alpha value is 0.450. The predicted octanol–water partition coefficient (Wildman–Crippen LogP) is 1.07. The minimum Gasteiger partial charge on any atom is -0.324 e. The number of hydrogen-bond donors (Lipinski definition) is 3. The van der Waals surface area contributed by atoms with E-state index in [1.165, 1.54) is 6.92 Å². The molecule has 0 aliphatic heterocycles. The Bertz CT molecular complexity index is 343. The maximum Gasteiger partial charge on any atom is 0.488 e. The molecule has 15 heavy (non-hydrogen) atoms. The molecule has 3 N–H and O–H groups in total. The Balaban J connectivity index is 4.59. The van der Waals surface area contributed by atoms with Gasteiger partial charge in [-0.2, -0.15) is 4.31 Å². The molecule has 12 heteroatoms. The molecular weight excluding hydrogens is 273 g/mol. The highest BCUT2D eigenvalue weighted by Gasteiger charge is 2.38. The Kier molecular flexibility index (Phi) is 5.34. The van der Waals surface area contributed by atoms with Crippen LogP contribution >= 0.6 is 23.2 Å². The van der Waals surface area contributed by atoms with E-state index in [-0.39, 0.29) is 6.61 Å². The number of rotatable bonds is 6. The normalized spacial score (nSPS) is 23.8. The van der Waals surface area contributed by atoms with Crippen molar-refractivity contribution in [3.63, 3.8) is 0 Å². The molecule has 9 nitrogen and oxygen atoms in total. The molecule has 0 aromatic carbocycles. The molecule has 0 spiro atoms. The second-order valence-electron chi connectivity index (χ2n) is 2.32. The number of phosphoric ester groups is 1. The van der Waals surface area contributed by atoms with Crippen LogP contribution in [0.15, 0.2) is 0 Å². The second kappa shape index (κ2) is 5.19. The highest BCUT2D eigenvalue weighted by Crippen LogP contribution is 2.66. The summed E-state index contributed by atoms with van der Waals surface area (Å²) >= 11 is 0. The summed E-state index contributed by atoms with van der Waals surface area (Å²) in [6.07, 6.45) is 0. The lowest BCUT2D eigenvalue weighted by Crippen LogP contribution is -1.95. The topological polar surface area (TPSA) is 140 Å². The molecule has 92 valence electrons. The summed E-state index contributed by atoms with van der Waals surface area (Å²) in [5.41, 5.74) is 0. The summed E-state index contributed by atoms with van der Waals surface area (Å²) in [6.45, 7) is 1.70. The van der Waals surface area contributed by atoms with Crippen molar-refractivity contribution in [3.05, 3.63) is 0 Å². The molecule has 0 rings (SSSR count). The largest absolute Gasteiger partial charge is 0.488 e. The zero-order valence-corrected chi connectivity index (χ0v) is 10.5. The minimum absolute atomic E-state index is 0.253. The summed E-state index contributed by atoms with van der Waals surface area (Å²) in [5, 5.41) is 0. The van der Waals surface area contributed by atoms with Gasteiger partial charge in [0.1, 0.15) is 0 Å². The third kappa shape index (κ3) is 8.28. The van der Waals surface area contributed by atoms with Gasteiger partial charge in [-0.3, -0.25) is 9.09 Å². The predicted molar refractivity (Wildman–Crippen MR) is 49.2 cm³/mol. The average molecular weight is 284 g/mol. The Morgan fingerprint density at radius 3 is 1.80 bits per heavy atom. The fourth-order valence-electron chi connectivity index (χ4n) is 0.523. The molecule has 0 aliphatic rings. The lowest BCUT2D eigenvalue weighted by Gasteiger charge is -2.15. The van der Waals surface area contributed by atoms with E-state index in [4.69, 9.17) is 14.7 Å². The van der Waals surface area contributed by atoms with Gasteiger partial charge < -0.3 is 14.7 Å². The fourth-order valence-corrected chi connectivity index (χ4v) is 4.00. The van der Waals surface area contributed by atoms with E-state index in [0.29, 0.717) is 6.66 Å². The highest BCUT2D eigenvalue weighted by atomic mass is 31.3. The summed E-state index contributed by atoms with van der Waals surface area (Å²) in [7, 11) is -14.2. The van der Waals surface area contributed by atoms with Crippen molar-refractivity contribution < 1.29 is 41.5 Å². The van der Waals surface area contributed by atoms with E-state index < -0.39 is 23.2 Å². The van der Waals surface area contributed by atoms with Crippen LogP contribution in [0.4, 0.5) is 0 Å². The van der Waals surface area contributed by atoms with E-state index in [1.54, 1.807) is 0 Å². The average Bonchev–Trinajstić information content (AvgIpc) is 1.74. The Morgan fingerprint density at radius 2 is 1.47 bits per heavy atom. The van der Waals surface area contributed by atoms with Crippen LogP contribution in [0.3, 0.4) is 0 Å². The van der Waals surface area contributed by atoms with Crippen LogP contribution in [0, 0.1) is 0 Å². The van der Waals surface area contributed by atoms with Gasteiger partial charge in [0.15, 0.2) is 0 Å². The van der Waals surface area contributed by atoms with Gasteiger partial charge >= 0.3 is 23.2 Å². The quantitative estimate of drug-likeness (QED) is 0.610. The van der Waals surface area contributed by atoms with Gasteiger partial charge in [0, 0.05) is 6.66 Å². The Labute approximate surface area is 85.8 Å². The van der Waals surface area contributed by atoms with E-state index in [9.17, 15) is 13.7 Å². The van der Waals surface area contributed by atoms with Gasteiger partial charge in [-0.25, -0.2) is 13.4 Å². The molecule has 0 aromatic rings. The van der Waals surface area contributed by atoms with Crippen LogP contribution in [-0.2, 0) is 26.8 Å². The van der Waals surface area contributed by atoms with Crippen LogP contribution in [-0.4, -0.2) is 28.0 Å². The lowest BCUT2D eigenvalue weighted by molar-refractivity contribution is 0.185. The first kappa shape index (κ1) is 15.4. The van der Waals surface area contributed by atoms with Crippen LogP contribution in [0.25, 0.3) is 0 Å². The summed E-state index contributed by atoms with van der Waals surface area (Å²) < 4.78 is 43.8. The van der Waals surface area contributed by atoms with Gasteiger partial charge in [-0.15, -0.1) is 0 Å². The first-order valence-corrected chi connectivity index (χ1v) is 8.52. The maximum atomic E-state index is 10.9. The van der Waals surface area contributed by atoms with E-state index in [1.807, 2.05) is 0 Å². The molecule has 0 bridgehead atoms. The minimum atomic E-state index is -5.12. The van der Waals surface area contributed by atoms with Gasteiger partial charge in [-0.1, -0.05) is 0 Å². The zero-order valence-electron chi connectivity index (χ0n) is 7.84. The smallest absolute Gasteiger partial charge is 0.324 e. The highest BCUT2D eigenvalue weighted by molar-refractivity contribution is 7.68. The molecule has 3 atom stereocenters.